The summed E-state index contributed by atoms with van der Waals surface area (Å²) in [5, 5.41) is 10.2. The van der Waals surface area contributed by atoms with E-state index in [9.17, 15) is 14.7 Å². The van der Waals surface area contributed by atoms with Gasteiger partial charge in [-0.2, -0.15) is 0 Å². The number of hydrogen-bond acceptors (Lipinski definition) is 7. The van der Waals surface area contributed by atoms with Gasteiger partial charge in [0.05, 0.1) is 40.0 Å². The Morgan fingerprint density at radius 3 is 2.39 bits per heavy atom. The minimum Gasteiger partial charge on any atom is -0.497 e. The molecule has 1 aliphatic heterocycles. The van der Waals surface area contributed by atoms with Crippen LogP contribution >= 0.6 is 11.6 Å². The van der Waals surface area contributed by atoms with Crippen molar-refractivity contribution in [2.24, 2.45) is 0 Å². The lowest BCUT2D eigenvalue weighted by Gasteiger charge is -2.26. The highest BCUT2D eigenvalue weighted by Crippen LogP contribution is 2.46. The average molecular weight is 618 g/mol. The summed E-state index contributed by atoms with van der Waals surface area (Å²) in [6.07, 6.45) is -2.80. The van der Waals surface area contributed by atoms with E-state index in [1.807, 2.05) is 30.3 Å². The number of nitrogens with zero attached hydrogens (tertiary/aromatic N) is 1. The Kier molecular flexibility index (Phi) is 9.57. The highest BCUT2D eigenvalue weighted by Gasteiger charge is 2.39. The Labute approximate surface area is 260 Å². The summed E-state index contributed by atoms with van der Waals surface area (Å²) in [4.78, 5) is 27.6. The number of fused-ring (bicyclic) bond motifs is 1. The van der Waals surface area contributed by atoms with Crippen LogP contribution in [0, 0.1) is 0 Å². The zero-order valence-corrected chi connectivity index (χ0v) is 25.2. The Balaban J connectivity index is 1.61. The summed E-state index contributed by atoms with van der Waals surface area (Å²) < 4.78 is 29.3. The van der Waals surface area contributed by atoms with Crippen molar-refractivity contribution < 1.29 is 38.4 Å². The number of methoxy groups -OCH3 is 3. The van der Waals surface area contributed by atoms with E-state index in [1.54, 1.807) is 61.7 Å². The van der Waals surface area contributed by atoms with Gasteiger partial charge in [0.15, 0.2) is 11.5 Å². The molecule has 2 atom stereocenters. The first-order valence-electron chi connectivity index (χ1n) is 13.9. The minimum absolute atomic E-state index is 0.0736. The summed E-state index contributed by atoms with van der Waals surface area (Å²) in [6.45, 7) is 0.371. The molecule has 0 radical (unpaired) electrons. The van der Waals surface area contributed by atoms with Gasteiger partial charge in [-0.15, -0.1) is 0 Å². The molecule has 9 nitrogen and oxygen atoms in total. The number of carbonyl (C=O) groups is 2. The van der Waals surface area contributed by atoms with Crippen molar-refractivity contribution in [1.82, 2.24) is 0 Å². The molecule has 228 valence electrons. The smallest absolute Gasteiger partial charge is 0.306 e. The van der Waals surface area contributed by atoms with Gasteiger partial charge in [-0.25, -0.2) is 0 Å². The van der Waals surface area contributed by atoms with Gasteiger partial charge in [0.2, 0.25) is 0 Å². The van der Waals surface area contributed by atoms with E-state index in [1.165, 1.54) is 19.1 Å². The molecule has 0 bridgehead atoms. The second-order valence-electron chi connectivity index (χ2n) is 10.1. The summed E-state index contributed by atoms with van der Waals surface area (Å²) in [7, 11) is 4.60. The Morgan fingerprint density at radius 1 is 0.886 bits per heavy atom. The van der Waals surface area contributed by atoms with Gasteiger partial charge in [0.25, 0.3) is 5.91 Å². The highest BCUT2D eigenvalue weighted by molar-refractivity contribution is 6.30. The predicted octanol–water partition coefficient (Wildman–Crippen LogP) is 6.44. The van der Waals surface area contributed by atoms with Crippen LogP contribution < -0.4 is 23.8 Å². The number of amides is 1. The van der Waals surface area contributed by atoms with Crippen LogP contribution in [0.1, 0.15) is 34.8 Å². The number of aliphatic carboxylic acids is 1. The van der Waals surface area contributed by atoms with Crippen LogP contribution in [0.15, 0.2) is 84.9 Å². The quantitative estimate of drug-likeness (QED) is 0.205. The van der Waals surface area contributed by atoms with Crippen LogP contribution in [0.4, 0.5) is 5.69 Å². The number of halogens is 1. The lowest BCUT2D eigenvalue weighted by Crippen LogP contribution is -2.40. The normalized spacial score (nSPS) is 16.1. The number of anilines is 1. The third-order valence-corrected chi connectivity index (χ3v) is 7.56. The molecule has 1 amide bonds. The lowest BCUT2D eigenvalue weighted by molar-refractivity contribution is -0.147. The molecule has 4 aromatic rings. The van der Waals surface area contributed by atoms with E-state index < -0.39 is 30.5 Å². The number of para-hydroxylation sites is 1. The maximum absolute atomic E-state index is 14.1. The molecular formula is C34H32ClNO8. The summed E-state index contributed by atoms with van der Waals surface area (Å²) in [6, 6.07) is 25.5. The van der Waals surface area contributed by atoms with Crippen molar-refractivity contribution in [3.63, 3.8) is 0 Å². The Hall–Kier alpha value is -4.73. The van der Waals surface area contributed by atoms with Gasteiger partial charge < -0.3 is 33.7 Å². The molecule has 0 aliphatic carbocycles. The van der Waals surface area contributed by atoms with Crippen LogP contribution in [-0.4, -0.2) is 44.4 Å². The number of ether oxygens (including phenoxy) is 5. The molecule has 1 heterocycles. The van der Waals surface area contributed by atoms with Crippen molar-refractivity contribution in [1.29, 1.82) is 0 Å². The molecule has 0 saturated carbocycles. The number of carboxylic acids is 1. The highest BCUT2D eigenvalue weighted by atomic mass is 35.5. The first-order valence-corrected chi connectivity index (χ1v) is 14.2. The van der Waals surface area contributed by atoms with Crippen molar-refractivity contribution in [3.8, 4) is 23.0 Å². The zero-order chi connectivity index (χ0) is 31.2. The number of benzene rings is 4. The van der Waals surface area contributed by atoms with Crippen LogP contribution in [0.5, 0.6) is 23.0 Å². The molecule has 5 rings (SSSR count). The zero-order valence-electron chi connectivity index (χ0n) is 24.5. The molecule has 0 aromatic heterocycles. The fourth-order valence-corrected chi connectivity index (χ4v) is 5.41. The van der Waals surface area contributed by atoms with E-state index in [4.69, 9.17) is 35.3 Å². The fourth-order valence-electron chi connectivity index (χ4n) is 5.23. The van der Waals surface area contributed by atoms with Crippen molar-refractivity contribution in [2.45, 2.75) is 31.8 Å². The Morgan fingerprint density at radius 2 is 1.68 bits per heavy atom. The molecule has 1 N–H and O–H groups in total. The molecule has 10 heteroatoms. The predicted molar refractivity (Wildman–Crippen MR) is 165 cm³/mol. The van der Waals surface area contributed by atoms with Gasteiger partial charge in [0, 0.05) is 27.8 Å². The van der Waals surface area contributed by atoms with Crippen LogP contribution in [-0.2, 0) is 27.5 Å². The maximum atomic E-state index is 14.1. The molecule has 4 aromatic carbocycles. The molecule has 0 fully saturated rings. The molecular weight excluding hydrogens is 586 g/mol. The number of rotatable bonds is 11. The van der Waals surface area contributed by atoms with Crippen LogP contribution in [0.3, 0.4) is 0 Å². The topological polar surface area (TPSA) is 104 Å². The first kappa shape index (κ1) is 30.7. The third kappa shape index (κ3) is 6.59. The summed E-state index contributed by atoms with van der Waals surface area (Å²) >= 11 is 6.51. The number of carboxylic acid groups (broad SMARTS) is 1. The van der Waals surface area contributed by atoms with Crippen molar-refractivity contribution in [3.05, 3.63) is 112 Å². The van der Waals surface area contributed by atoms with Gasteiger partial charge in [0.1, 0.15) is 30.3 Å². The van der Waals surface area contributed by atoms with Crippen molar-refractivity contribution >= 4 is 29.2 Å². The molecule has 0 saturated heterocycles. The van der Waals surface area contributed by atoms with E-state index in [0.717, 1.165) is 5.56 Å². The Bertz CT molecular complexity index is 1640. The second-order valence-corrected chi connectivity index (χ2v) is 10.5. The van der Waals surface area contributed by atoms with Crippen LogP contribution in [0.2, 0.25) is 5.02 Å². The first-order chi connectivity index (χ1) is 21.3. The summed E-state index contributed by atoms with van der Waals surface area (Å²) in [5.74, 6) is 0.256. The maximum Gasteiger partial charge on any atom is 0.306 e. The standard InChI is InChI=1S/C34H32ClNO8/c1-40-24-14-12-22(29(17-24)41-2)19-36-27-15-13-23(35)16-26(27)32(44-30(34(36)39)18-31(37)38)25-10-7-11-28(33(25)42-3)43-20-21-8-5-4-6-9-21/h4-17,30,32H,18-20H2,1-3H3,(H,37,38)/t30-,32-/m0/s1. The molecule has 44 heavy (non-hydrogen) atoms. The molecule has 0 unspecified atom stereocenters. The van der Waals surface area contributed by atoms with Gasteiger partial charge >= 0.3 is 5.97 Å². The van der Waals surface area contributed by atoms with Crippen molar-refractivity contribution in [2.75, 3.05) is 26.2 Å². The van der Waals surface area contributed by atoms with E-state index in [2.05, 4.69) is 0 Å². The largest absolute Gasteiger partial charge is 0.497 e. The monoisotopic (exact) mass is 617 g/mol. The van der Waals surface area contributed by atoms with Gasteiger partial charge in [-0.1, -0.05) is 54.1 Å². The molecule has 0 spiro atoms. The van der Waals surface area contributed by atoms with Gasteiger partial charge in [-0.05, 0) is 42.0 Å². The van der Waals surface area contributed by atoms with Gasteiger partial charge in [-0.3, -0.25) is 9.59 Å². The fraction of sp³-hybridized carbons (Fsp3) is 0.235. The molecule has 1 aliphatic rings. The third-order valence-electron chi connectivity index (χ3n) is 7.32. The second kappa shape index (κ2) is 13.7. The minimum atomic E-state index is -1.33. The SMILES string of the molecule is COc1ccc(CN2C(=O)[C@H](CC(=O)O)O[C@@H](c3cccc(OCc4ccccc4)c3OC)c3cc(Cl)ccc32)c(OC)c1. The average Bonchev–Trinajstić information content (AvgIpc) is 3.14. The summed E-state index contributed by atoms with van der Waals surface area (Å²) in [5.41, 5.74) is 3.27. The van der Waals surface area contributed by atoms with E-state index >= 15 is 0 Å². The van der Waals surface area contributed by atoms with E-state index in [-0.39, 0.29) is 6.54 Å². The number of hydrogen-bond donors (Lipinski definition) is 1. The van der Waals surface area contributed by atoms with Crippen LogP contribution in [0.25, 0.3) is 0 Å². The number of carbonyl (C=O) groups excluding carboxylic acids is 1. The van der Waals surface area contributed by atoms with E-state index in [0.29, 0.717) is 57.0 Å². The lowest BCUT2D eigenvalue weighted by atomic mass is 9.97.